The highest BCUT2D eigenvalue weighted by Gasteiger charge is 2.22. The largest absolute Gasteiger partial charge is 0.476 e. The number of aromatic carboxylic acids is 1. The van der Waals surface area contributed by atoms with E-state index in [9.17, 15) is 19.8 Å². The van der Waals surface area contributed by atoms with Crippen LogP contribution < -0.4 is 11.1 Å². The molecule has 24 heavy (non-hydrogen) atoms. The van der Waals surface area contributed by atoms with Gasteiger partial charge in [0.2, 0.25) is 0 Å². The second-order valence-electron chi connectivity index (χ2n) is 6.24. The lowest BCUT2D eigenvalue weighted by Crippen LogP contribution is -2.34. The van der Waals surface area contributed by atoms with E-state index in [1.165, 1.54) is 6.07 Å². The van der Waals surface area contributed by atoms with Gasteiger partial charge in [0.05, 0.1) is 11.8 Å². The number of nitrogen functional groups attached to an aromatic ring is 1. The Morgan fingerprint density at radius 2 is 2.00 bits per heavy atom. The molecule has 0 aliphatic rings. The summed E-state index contributed by atoms with van der Waals surface area (Å²) in [7, 11) is 0. The van der Waals surface area contributed by atoms with Gasteiger partial charge in [0.15, 0.2) is 5.69 Å². The lowest BCUT2D eigenvalue weighted by Gasteiger charge is -2.21. The number of amides is 1. The number of aliphatic hydroxyl groups is 2. The first-order chi connectivity index (χ1) is 11.0. The van der Waals surface area contributed by atoms with Gasteiger partial charge in [-0.05, 0) is 33.3 Å². The second-order valence-corrected chi connectivity index (χ2v) is 6.24. The molecule has 1 rings (SSSR count). The molecule has 1 aromatic heterocycles. The molecule has 2 atom stereocenters. The monoisotopic (exact) mass is 341 g/mol. The molecule has 1 aromatic rings. The molecule has 1 amide bonds. The number of rotatable bonds is 6. The van der Waals surface area contributed by atoms with E-state index in [4.69, 9.17) is 15.6 Å². The molecule has 0 spiro atoms. The van der Waals surface area contributed by atoms with Crippen LogP contribution >= 0.6 is 0 Å². The van der Waals surface area contributed by atoms with Crippen LogP contribution in [0.4, 0.5) is 10.5 Å². The topological polar surface area (TPSA) is 155 Å². The number of hydrogen-bond donors (Lipinski definition) is 5. The first-order valence-corrected chi connectivity index (χ1v) is 7.33. The molecule has 0 aliphatic carbocycles. The summed E-state index contributed by atoms with van der Waals surface area (Å²) in [6.45, 7) is 5.26. The van der Waals surface area contributed by atoms with Gasteiger partial charge in [-0.25, -0.2) is 14.6 Å². The van der Waals surface area contributed by atoms with E-state index in [0.29, 0.717) is 0 Å². The molecule has 9 nitrogen and oxygen atoms in total. The van der Waals surface area contributed by atoms with Gasteiger partial charge in [-0.3, -0.25) is 0 Å². The number of anilines is 1. The number of aromatic nitrogens is 1. The number of carbonyl (C=O) groups excluding carboxylic acids is 1. The first kappa shape index (κ1) is 19.7. The van der Waals surface area contributed by atoms with E-state index in [1.54, 1.807) is 20.8 Å². The predicted molar refractivity (Wildman–Crippen MR) is 85.4 cm³/mol. The van der Waals surface area contributed by atoms with E-state index in [1.807, 2.05) is 0 Å². The number of carboxylic acids is 1. The molecule has 134 valence electrons. The van der Waals surface area contributed by atoms with Crippen LogP contribution in [0.2, 0.25) is 0 Å². The highest BCUT2D eigenvalue weighted by molar-refractivity contribution is 5.91. The molecule has 0 aromatic carbocycles. The van der Waals surface area contributed by atoms with Crippen LogP contribution in [-0.2, 0) is 4.74 Å². The number of nitrogens with zero attached hydrogens (tertiary/aromatic N) is 1. The molecule has 2 unspecified atom stereocenters. The molecule has 0 radical (unpaired) electrons. The summed E-state index contributed by atoms with van der Waals surface area (Å²) < 4.78 is 5.04. The van der Waals surface area contributed by atoms with Gasteiger partial charge in [-0.1, -0.05) is 0 Å². The van der Waals surface area contributed by atoms with E-state index >= 15 is 0 Å². The Kier molecular flexibility index (Phi) is 6.50. The average Bonchev–Trinajstić information content (AvgIpc) is 2.43. The van der Waals surface area contributed by atoms with E-state index in [2.05, 4.69) is 10.3 Å². The SMILES string of the molecule is CC(C)(C)OC(=O)NCCC(O)C(O)c1cnc(C(=O)O)c(N)c1. The number of nitrogens with two attached hydrogens (primary N) is 1. The van der Waals surface area contributed by atoms with Crippen molar-refractivity contribution in [2.24, 2.45) is 0 Å². The third-order valence-corrected chi connectivity index (χ3v) is 2.96. The summed E-state index contributed by atoms with van der Waals surface area (Å²) in [5.41, 5.74) is 4.66. The maximum atomic E-state index is 11.5. The van der Waals surface area contributed by atoms with Crippen molar-refractivity contribution in [3.05, 3.63) is 23.5 Å². The van der Waals surface area contributed by atoms with Crippen LogP contribution in [0, 0.1) is 0 Å². The van der Waals surface area contributed by atoms with Gasteiger partial charge in [-0.15, -0.1) is 0 Å². The fourth-order valence-corrected chi connectivity index (χ4v) is 1.86. The first-order valence-electron chi connectivity index (χ1n) is 7.33. The number of hydrogen-bond acceptors (Lipinski definition) is 7. The summed E-state index contributed by atoms with van der Waals surface area (Å²) in [4.78, 5) is 25.9. The summed E-state index contributed by atoms with van der Waals surface area (Å²) in [6.07, 6.45) is -1.95. The quantitative estimate of drug-likeness (QED) is 0.505. The van der Waals surface area contributed by atoms with Crippen molar-refractivity contribution < 1.29 is 29.6 Å². The minimum atomic E-state index is -1.32. The molecule has 0 bridgehead atoms. The second kappa shape index (κ2) is 7.93. The van der Waals surface area contributed by atoms with Crippen molar-refractivity contribution in [3.63, 3.8) is 0 Å². The fraction of sp³-hybridized carbons (Fsp3) is 0.533. The normalized spacial score (nSPS) is 13.9. The number of nitrogens with one attached hydrogen (secondary N) is 1. The summed E-state index contributed by atoms with van der Waals surface area (Å²) in [6, 6.07) is 1.24. The fourth-order valence-electron chi connectivity index (χ4n) is 1.86. The summed E-state index contributed by atoms with van der Waals surface area (Å²) >= 11 is 0. The molecule has 9 heteroatoms. The molecule has 0 fully saturated rings. The minimum absolute atomic E-state index is 0.0565. The third kappa shape index (κ3) is 6.01. The molecule has 0 saturated carbocycles. The van der Waals surface area contributed by atoms with E-state index < -0.39 is 29.9 Å². The van der Waals surface area contributed by atoms with Gasteiger partial charge in [0, 0.05) is 18.3 Å². The van der Waals surface area contributed by atoms with Gasteiger partial charge in [0.1, 0.15) is 11.7 Å². The van der Waals surface area contributed by atoms with Crippen LogP contribution in [-0.4, -0.2) is 50.6 Å². The van der Waals surface area contributed by atoms with Crippen LogP contribution in [0.5, 0.6) is 0 Å². The van der Waals surface area contributed by atoms with Crippen LogP contribution in [0.15, 0.2) is 12.3 Å². The standard InChI is InChI=1S/C15H23N3O6/c1-15(2,3)24-14(23)17-5-4-10(19)12(20)8-6-9(16)11(13(21)22)18-7-8/h6-7,10,12,19-20H,4-5,16H2,1-3H3,(H,17,23)(H,21,22). The number of carboxylic acid groups (broad SMARTS) is 1. The van der Waals surface area contributed by atoms with Gasteiger partial charge in [0.25, 0.3) is 0 Å². The Hall–Kier alpha value is -2.39. The zero-order chi connectivity index (χ0) is 18.5. The highest BCUT2D eigenvalue weighted by Crippen LogP contribution is 2.21. The third-order valence-electron chi connectivity index (χ3n) is 2.96. The minimum Gasteiger partial charge on any atom is -0.476 e. The van der Waals surface area contributed by atoms with Crippen molar-refractivity contribution in [1.82, 2.24) is 10.3 Å². The lowest BCUT2D eigenvalue weighted by molar-refractivity contribution is 0.0121. The van der Waals surface area contributed by atoms with Crippen molar-refractivity contribution >= 4 is 17.7 Å². The average molecular weight is 341 g/mol. The molecule has 1 heterocycles. The van der Waals surface area contributed by atoms with Crippen molar-refractivity contribution in [2.45, 2.75) is 45.0 Å². The van der Waals surface area contributed by atoms with Crippen LogP contribution in [0.1, 0.15) is 49.3 Å². The lowest BCUT2D eigenvalue weighted by atomic mass is 10.0. The number of pyridine rings is 1. The van der Waals surface area contributed by atoms with Gasteiger partial charge in [-0.2, -0.15) is 0 Å². The van der Waals surface area contributed by atoms with Crippen molar-refractivity contribution in [1.29, 1.82) is 0 Å². The smallest absolute Gasteiger partial charge is 0.407 e. The molecule has 0 saturated heterocycles. The molecular weight excluding hydrogens is 318 g/mol. The zero-order valence-corrected chi connectivity index (χ0v) is 13.8. The number of aliphatic hydroxyl groups excluding tert-OH is 2. The maximum Gasteiger partial charge on any atom is 0.407 e. The highest BCUT2D eigenvalue weighted by atomic mass is 16.6. The van der Waals surface area contributed by atoms with Gasteiger partial charge < -0.3 is 31.1 Å². The number of carbonyl (C=O) groups is 2. The van der Waals surface area contributed by atoms with Crippen molar-refractivity contribution in [2.75, 3.05) is 12.3 Å². The van der Waals surface area contributed by atoms with Crippen molar-refractivity contribution in [3.8, 4) is 0 Å². The van der Waals surface area contributed by atoms with Crippen LogP contribution in [0.3, 0.4) is 0 Å². The van der Waals surface area contributed by atoms with Gasteiger partial charge >= 0.3 is 12.1 Å². The summed E-state index contributed by atoms with van der Waals surface area (Å²) in [5, 5.41) is 31.3. The Balaban J connectivity index is 2.56. The Morgan fingerprint density at radius 1 is 1.38 bits per heavy atom. The van der Waals surface area contributed by atoms with Crippen LogP contribution in [0.25, 0.3) is 0 Å². The number of alkyl carbamates (subject to hydrolysis) is 1. The summed E-state index contributed by atoms with van der Waals surface area (Å²) in [5.74, 6) is -1.28. The number of ether oxygens (including phenoxy) is 1. The Labute approximate surface area is 139 Å². The molecule has 0 aliphatic heterocycles. The zero-order valence-electron chi connectivity index (χ0n) is 13.8. The van der Waals surface area contributed by atoms with E-state index in [0.717, 1.165) is 6.20 Å². The van der Waals surface area contributed by atoms with E-state index in [-0.39, 0.29) is 29.9 Å². The maximum absolute atomic E-state index is 11.5. The molecular formula is C15H23N3O6. The predicted octanol–water partition coefficient (Wildman–Crippen LogP) is 0.671. The Morgan fingerprint density at radius 3 is 2.50 bits per heavy atom. The molecule has 6 N–H and O–H groups in total. The Bertz CT molecular complexity index is 599.